The smallest absolute Gasteiger partial charge is 0.416 e. The van der Waals surface area contributed by atoms with Crippen LogP contribution in [0.25, 0.3) is 5.69 Å². The van der Waals surface area contributed by atoms with Gasteiger partial charge in [0.1, 0.15) is 0 Å². The van der Waals surface area contributed by atoms with Gasteiger partial charge in [-0.1, -0.05) is 6.07 Å². The zero-order chi connectivity index (χ0) is 14.9. The number of hydrogen-bond acceptors (Lipinski definition) is 3. The number of benzene rings is 1. The van der Waals surface area contributed by atoms with Crippen molar-refractivity contribution in [3.05, 3.63) is 47.3 Å². The van der Waals surface area contributed by atoms with E-state index in [1.165, 1.54) is 12.1 Å². The Balaban J connectivity index is 2.52. The summed E-state index contributed by atoms with van der Waals surface area (Å²) < 4.78 is 38.7. The van der Waals surface area contributed by atoms with Gasteiger partial charge in [-0.2, -0.15) is 18.3 Å². The summed E-state index contributed by atoms with van der Waals surface area (Å²) in [7, 11) is 0. The van der Waals surface area contributed by atoms with Gasteiger partial charge in [0.05, 0.1) is 16.8 Å². The molecule has 1 heterocycles. The lowest BCUT2D eigenvalue weighted by atomic mass is 10.2. The van der Waals surface area contributed by atoms with Crippen LogP contribution in [0.5, 0.6) is 0 Å². The van der Waals surface area contributed by atoms with E-state index in [0.717, 1.165) is 23.0 Å². The third-order valence-corrected chi connectivity index (χ3v) is 2.51. The van der Waals surface area contributed by atoms with Gasteiger partial charge in [0, 0.05) is 6.20 Å². The maximum Gasteiger partial charge on any atom is 0.416 e. The number of carboxylic acid groups (broad SMARTS) is 1. The van der Waals surface area contributed by atoms with E-state index in [1.54, 1.807) is 0 Å². The van der Waals surface area contributed by atoms with Crippen LogP contribution in [0.3, 0.4) is 0 Å². The first kappa shape index (κ1) is 13.8. The molecule has 0 unspecified atom stereocenters. The first-order valence-electron chi connectivity index (χ1n) is 5.28. The SMILES string of the molecule is O=Cc1cn(-c2cccc(C(F)(F)F)c2)nc1C(=O)O. The molecule has 2 aromatic rings. The minimum absolute atomic E-state index is 0.00965. The minimum atomic E-state index is -4.52. The number of rotatable bonds is 3. The molecular formula is C12H7F3N2O3. The molecule has 0 amide bonds. The average Bonchev–Trinajstić information content (AvgIpc) is 2.82. The van der Waals surface area contributed by atoms with Crippen molar-refractivity contribution in [1.82, 2.24) is 9.78 Å². The van der Waals surface area contributed by atoms with E-state index < -0.39 is 23.4 Å². The number of carbonyl (C=O) groups excluding carboxylic acids is 1. The Morgan fingerprint density at radius 3 is 2.55 bits per heavy atom. The molecule has 0 bridgehead atoms. The van der Waals surface area contributed by atoms with Gasteiger partial charge in [-0.25, -0.2) is 9.48 Å². The molecule has 0 atom stereocenters. The molecule has 0 aliphatic rings. The maximum atomic E-state index is 12.6. The monoisotopic (exact) mass is 284 g/mol. The van der Waals surface area contributed by atoms with Crippen molar-refractivity contribution in [2.75, 3.05) is 0 Å². The van der Waals surface area contributed by atoms with Gasteiger partial charge < -0.3 is 5.11 Å². The summed E-state index contributed by atoms with van der Waals surface area (Å²) in [4.78, 5) is 21.5. The van der Waals surface area contributed by atoms with Crippen LogP contribution >= 0.6 is 0 Å². The summed E-state index contributed by atoms with van der Waals surface area (Å²) in [5.74, 6) is -1.43. The molecule has 0 fully saturated rings. The van der Waals surface area contributed by atoms with Gasteiger partial charge in [-0.15, -0.1) is 0 Å². The number of aromatic nitrogens is 2. The minimum Gasteiger partial charge on any atom is -0.476 e. The molecule has 5 nitrogen and oxygen atoms in total. The van der Waals surface area contributed by atoms with Gasteiger partial charge >= 0.3 is 12.1 Å². The Labute approximate surface area is 110 Å². The highest BCUT2D eigenvalue weighted by Crippen LogP contribution is 2.30. The van der Waals surface area contributed by atoms with Gasteiger partial charge in [0.15, 0.2) is 12.0 Å². The number of halogens is 3. The fourth-order valence-electron chi connectivity index (χ4n) is 1.60. The summed E-state index contributed by atoms with van der Waals surface area (Å²) >= 11 is 0. The number of carboxylic acids is 1. The van der Waals surface area contributed by atoms with E-state index in [-0.39, 0.29) is 17.5 Å². The quantitative estimate of drug-likeness (QED) is 0.878. The highest BCUT2D eigenvalue weighted by Gasteiger charge is 2.30. The molecule has 0 spiro atoms. The zero-order valence-electron chi connectivity index (χ0n) is 9.76. The Kier molecular flexibility index (Phi) is 3.31. The second-order valence-electron chi connectivity index (χ2n) is 3.85. The van der Waals surface area contributed by atoms with Crippen molar-refractivity contribution in [2.45, 2.75) is 6.18 Å². The van der Waals surface area contributed by atoms with E-state index in [0.29, 0.717) is 0 Å². The van der Waals surface area contributed by atoms with Crippen molar-refractivity contribution in [1.29, 1.82) is 0 Å². The molecule has 0 saturated heterocycles. The molecule has 1 aromatic carbocycles. The Hall–Kier alpha value is -2.64. The maximum absolute atomic E-state index is 12.6. The van der Waals surface area contributed by atoms with Gasteiger partial charge in [0.2, 0.25) is 0 Å². The first-order chi connectivity index (χ1) is 9.32. The zero-order valence-corrected chi connectivity index (χ0v) is 9.76. The number of nitrogens with zero attached hydrogens (tertiary/aromatic N) is 2. The van der Waals surface area contributed by atoms with E-state index in [4.69, 9.17) is 5.11 Å². The second kappa shape index (κ2) is 4.80. The number of alkyl halides is 3. The Bertz CT molecular complexity index is 677. The fraction of sp³-hybridized carbons (Fsp3) is 0.0833. The summed E-state index contributed by atoms with van der Waals surface area (Å²) in [5.41, 5.74) is -1.61. The summed E-state index contributed by atoms with van der Waals surface area (Å²) in [6.07, 6.45) is -3.18. The average molecular weight is 284 g/mol. The topological polar surface area (TPSA) is 72.2 Å². The van der Waals surface area contributed by atoms with Crippen LogP contribution in [-0.4, -0.2) is 27.1 Å². The van der Waals surface area contributed by atoms with E-state index in [9.17, 15) is 22.8 Å². The van der Waals surface area contributed by atoms with E-state index >= 15 is 0 Å². The lowest BCUT2D eigenvalue weighted by Gasteiger charge is -2.08. The molecule has 104 valence electrons. The predicted molar refractivity (Wildman–Crippen MR) is 60.9 cm³/mol. The van der Waals surface area contributed by atoms with Gasteiger partial charge in [-0.05, 0) is 18.2 Å². The second-order valence-corrected chi connectivity index (χ2v) is 3.85. The molecule has 0 aliphatic carbocycles. The van der Waals surface area contributed by atoms with Crippen molar-refractivity contribution in [2.24, 2.45) is 0 Å². The molecule has 8 heteroatoms. The van der Waals surface area contributed by atoms with Crippen LogP contribution in [0.1, 0.15) is 26.4 Å². The van der Waals surface area contributed by atoms with Crippen LogP contribution in [0.4, 0.5) is 13.2 Å². The number of aromatic carboxylic acids is 1. The Morgan fingerprint density at radius 2 is 2.05 bits per heavy atom. The molecule has 20 heavy (non-hydrogen) atoms. The van der Waals surface area contributed by atoms with Crippen molar-refractivity contribution < 1.29 is 27.9 Å². The largest absolute Gasteiger partial charge is 0.476 e. The van der Waals surface area contributed by atoms with Crippen molar-refractivity contribution >= 4 is 12.3 Å². The third kappa shape index (κ3) is 2.53. The van der Waals surface area contributed by atoms with Crippen LogP contribution < -0.4 is 0 Å². The van der Waals surface area contributed by atoms with Crippen LogP contribution in [0, 0.1) is 0 Å². The lowest BCUT2D eigenvalue weighted by Crippen LogP contribution is -2.07. The third-order valence-electron chi connectivity index (χ3n) is 2.51. The predicted octanol–water partition coefficient (Wildman–Crippen LogP) is 2.40. The number of hydrogen-bond donors (Lipinski definition) is 1. The molecule has 0 aliphatic heterocycles. The Morgan fingerprint density at radius 1 is 1.35 bits per heavy atom. The van der Waals surface area contributed by atoms with Gasteiger partial charge in [-0.3, -0.25) is 4.79 Å². The fourth-order valence-corrected chi connectivity index (χ4v) is 1.60. The van der Waals surface area contributed by atoms with Crippen molar-refractivity contribution in [3.63, 3.8) is 0 Å². The summed E-state index contributed by atoms with van der Waals surface area (Å²) in [5, 5.41) is 12.4. The van der Waals surface area contributed by atoms with Crippen molar-refractivity contribution in [3.8, 4) is 5.69 Å². The van der Waals surface area contributed by atoms with Crippen LogP contribution in [-0.2, 0) is 6.18 Å². The summed E-state index contributed by atoms with van der Waals surface area (Å²) in [6, 6.07) is 4.18. The number of aldehydes is 1. The first-order valence-corrected chi connectivity index (χ1v) is 5.28. The molecule has 0 radical (unpaired) electrons. The standard InChI is InChI=1S/C12H7F3N2O3/c13-12(14,15)8-2-1-3-9(4-8)17-5-7(6-18)10(16-17)11(19)20/h1-6H,(H,19,20). The molecule has 0 saturated carbocycles. The van der Waals surface area contributed by atoms with Crippen LogP contribution in [0.2, 0.25) is 0 Å². The molecular weight excluding hydrogens is 277 g/mol. The highest BCUT2D eigenvalue weighted by molar-refractivity contribution is 5.95. The van der Waals surface area contributed by atoms with E-state index in [1.807, 2.05) is 0 Å². The number of carbonyl (C=O) groups is 2. The molecule has 1 N–H and O–H groups in total. The van der Waals surface area contributed by atoms with Crippen LogP contribution in [0.15, 0.2) is 30.5 Å². The van der Waals surface area contributed by atoms with Gasteiger partial charge in [0.25, 0.3) is 0 Å². The van der Waals surface area contributed by atoms with E-state index in [2.05, 4.69) is 5.10 Å². The lowest BCUT2D eigenvalue weighted by molar-refractivity contribution is -0.137. The molecule has 1 aromatic heterocycles. The normalized spacial score (nSPS) is 11.3. The molecule has 2 rings (SSSR count). The highest BCUT2D eigenvalue weighted by atomic mass is 19.4. The summed E-state index contributed by atoms with van der Waals surface area (Å²) in [6.45, 7) is 0.